The molecule has 150 valence electrons. The number of amides is 2. The minimum Gasteiger partial charge on any atom is -0.486 e. The first-order chi connectivity index (χ1) is 13.4. The molecule has 0 saturated carbocycles. The van der Waals surface area contributed by atoms with Gasteiger partial charge in [0.1, 0.15) is 6.61 Å². The number of ether oxygens (including phenoxy) is 2. The highest BCUT2D eigenvalue weighted by atomic mass is 32.2. The van der Waals surface area contributed by atoms with E-state index in [1.807, 2.05) is 31.2 Å². The molecule has 0 fully saturated rings. The van der Waals surface area contributed by atoms with Crippen LogP contribution in [0.1, 0.15) is 12.5 Å². The van der Waals surface area contributed by atoms with Gasteiger partial charge in [0.05, 0.1) is 11.4 Å². The van der Waals surface area contributed by atoms with Crippen LogP contribution < -0.4 is 14.8 Å². The quantitative estimate of drug-likeness (QED) is 0.799. The third-order valence-electron chi connectivity index (χ3n) is 4.46. The molecule has 2 aromatic rings. The molecule has 7 nitrogen and oxygen atoms in total. The highest BCUT2D eigenvalue weighted by Crippen LogP contribution is 2.31. The molecule has 8 heteroatoms. The maximum atomic E-state index is 12.5. The second-order valence-electron chi connectivity index (χ2n) is 6.61. The Kier molecular flexibility index (Phi) is 6.08. The lowest BCUT2D eigenvalue weighted by atomic mass is 10.2. The number of para-hydroxylation sites is 2. The SMILES string of the molecule is CCN(C[C@H]1COc2ccccc2O1)C(=O)NCc1ccc(S(C)(=O)=O)cc1. The number of carbonyl (C=O) groups is 1. The van der Waals surface area contributed by atoms with Crippen molar-refractivity contribution >= 4 is 15.9 Å². The number of urea groups is 1. The number of likely N-dealkylation sites (N-methyl/N-ethyl adjacent to an activating group) is 1. The molecule has 28 heavy (non-hydrogen) atoms. The Morgan fingerprint density at radius 2 is 1.82 bits per heavy atom. The summed E-state index contributed by atoms with van der Waals surface area (Å²) in [6.45, 7) is 3.53. The van der Waals surface area contributed by atoms with Crippen LogP contribution >= 0.6 is 0 Å². The van der Waals surface area contributed by atoms with Crippen LogP contribution in [-0.2, 0) is 16.4 Å². The van der Waals surface area contributed by atoms with Gasteiger partial charge in [-0.25, -0.2) is 13.2 Å². The van der Waals surface area contributed by atoms with Gasteiger partial charge >= 0.3 is 6.03 Å². The summed E-state index contributed by atoms with van der Waals surface area (Å²) in [5, 5.41) is 2.86. The lowest BCUT2D eigenvalue weighted by molar-refractivity contribution is 0.0675. The van der Waals surface area contributed by atoms with E-state index in [1.54, 1.807) is 29.2 Å². The van der Waals surface area contributed by atoms with Crippen molar-refractivity contribution in [3.8, 4) is 11.5 Å². The second kappa shape index (κ2) is 8.52. The smallest absolute Gasteiger partial charge is 0.317 e. The third kappa shape index (κ3) is 4.95. The van der Waals surface area contributed by atoms with Crippen molar-refractivity contribution in [1.29, 1.82) is 0 Å². The average molecular weight is 404 g/mol. The lowest BCUT2D eigenvalue weighted by Gasteiger charge is -2.31. The number of benzene rings is 2. The van der Waals surface area contributed by atoms with Crippen LogP contribution in [0.4, 0.5) is 4.79 Å². The highest BCUT2D eigenvalue weighted by Gasteiger charge is 2.24. The normalized spacial score (nSPS) is 15.7. The second-order valence-corrected chi connectivity index (χ2v) is 8.63. The van der Waals surface area contributed by atoms with E-state index in [0.717, 1.165) is 5.56 Å². The first kappa shape index (κ1) is 20.0. The zero-order valence-corrected chi connectivity index (χ0v) is 16.7. The van der Waals surface area contributed by atoms with E-state index in [4.69, 9.17) is 9.47 Å². The number of fused-ring (bicyclic) bond motifs is 1. The molecule has 0 aliphatic carbocycles. The van der Waals surface area contributed by atoms with Gasteiger partial charge in [0.25, 0.3) is 0 Å². The molecule has 0 spiro atoms. The summed E-state index contributed by atoms with van der Waals surface area (Å²) in [4.78, 5) is 14.4. The van der Waals surface area contributed by atoms with Crippen molar-refractivity contribution in [1.82, 2.24) is 10.2 Å². The summed E-state index contributed by atoms with van der Waals surface area (Å²) in [6, 6.07) is 13.7. The van der Waals surface area contributed by atoms with Crippen molar-refractivity contribution in [2.24, 2.45) is 0 Å². The van der Waals surface area contributed by atoms with Crippen LogP contribution in [0.25, 0.3) is 0 Å². The summed E-state index contributed by atoms with van der Waals surface area (Å²) in [6.07, 6.45) is 0.924. The third-order valence-corrected chi connectivity index (χ3v) is 5.58. The number of rotatable bonds is 6. The largest absolute Gasteiger partial charge is 0.486 e. The summed E-state index contributed by atoms with van der Waals surface area (Å²) < 4.78 is 34.6. The Bertz CT molecular complexity index is 928. The summed E-state index contributed by atoms with van der Waals surface area (Å²) in [5.41, 5.74) is 0.822. The van der Waals surface area contributed by atoms with Gasteiger partial charge in [0.15, 0.2) is 27.4 Å². The van der Waals surface area contributed by atoms with Gasteiger partial charge in [-0.2, -0.15) is 0 Å². The molecule has 1 heterocycles. The molecule has 0 bridgehead atoms. The van der Waals surface area contributed by atoms with Crippen LogP contribution in [-0.4, -0.2) is 51.4 Å². The molecular weight excluding hydrogens is 380 g/mol. The van der Waals surface area contributed by atoms with Crippen molar-refractivity contribution in [3.63, 3.8) is 0 Å². The fourth-order valence-electron chi connectivity index (χ4n) is 2.90. The van der Waals surface area contributed by atoms with Gasteiger partial charge in [-0.3, -0.25) is 0 Å². The Labute approximate surface area is 165 Å². The Morgan fingerprint density at radius 1 is 1.14 bits per heavy atom. The molecule has 0 aromatic heterocycles. The summed E-state index contributed by atoms with van der Waals surface area (Å²) in [5.74, 6) is 1.39. The minimum atomic E-state index is -3.23. The summed E-state index contributed by atoms with van der Waals surface area (Å²) >= 11 is 0. The number of nitrogens with one attached hydrogen (secondary N) is 1. The maximum absolute atomic E-state index is 12.5. The molecule has 1 aliphatic rings. The highest BCUT2D eigenvalue weighted by molar-refractivity contribution is 7.90. The van der Waals surface area contributed by atoms with Gasteiger partial charge in [0.2, 0.25) is 0 Å². The van der Waals surface area contributed by atoms with Crippen LogP contribution in [0.3, 0.4) is 0 Å². The van der Waals surface area contributed by atoms with E-state index in [2.05, 4.69) is 5.32 Å². The number of hydrogen-bond donors (Lipinski definition) is 1. The van der Waals surface area contributed by atoms with Gasteiger partial charge in [-0.1, -0.05) is 24.3 Å². The van der Waals surface area contributed by atoms with E-state index < -0.39 is 9.84 Å². The Hall–Kier alpha value is -2.74. The molecule has 3 rings (SSSR count). The van der Waals surface area contributed by atoms with Crippen molar-refractivity contribution in [2.75, 3.05) is 26.0 Å². The number of hydrogen-bond acceptors (Lipinski definition) is 5. The molecule has 2 amide bonds. The number of nitrogens with zero attached hydrogens (tertiary/aromatic N) is 1. The van der Waals surface area contributed by atoms with E-state index in [0.29, 0.717) is 37.7 Å². The molecule has 0 unspecified atom stereocenters. The van der Waals surface area contributed by atoms with Gasteiger partial charge in [0, 0.05) is 19.3 Å². The molecule has 0 radical (unpaired) electrons. The number of sulfone groups is 1. The predicted octanol–water partition coefficient (Wildman–Crippen LogP) is 2.46. The lowest BCUT2D eigenvalue weighted by Crippen LogP contribution is -2.47. The maximum Gasteiger partial charge on any atom is 0.317 e. The van der Waals surface area contributed by atoms with Gasteiger partial charge in [-0.05, 0) is 36.8 Å². The van der Waals surface area contributed by atoms with Crippen LogP contribution in [0.2, 0.25) is 0 Å². The fraction of sp³-hybridized carbons (Fsp3) is 0.350. The molecule has 0 saturated heterocycles. The molecule has 1 aliphatic heterocycles. The zero-order valence-electron chi connectivity index (χ0n) is 15.9. The van der Waals surface area contributed by atoms with Gasteiger partial charge in [-0.15, -0.1) is 0 Å². The van der Waals surface area contributed by atoms with E-state index in [1.165, 1.54) is 6.26 Å². The Morgan fingerprint density at radius 3 is 2.46 bits per heavy atom. The topological polar surface area (TPSA) is 84.9 Å². The first-order valence-corrected chi connectivity index (χ1v) is 11.0. The fourth-order valence-corrected chi connectivity index (χ4v) is 3.53. The summed E-state index contributed by atoms with van der Waals surface area (Å²) in [7, 11) is -3.23. The average Bonchev–Trinajstić information content (AvgIpc) is 2.69. The Balaban J connectivity index is 1.54. The van der Waals surface area contributed by atoms with Crippen molar-refractivity contribution < 1.29 is 22.7 Å². The van der Waals surface area contributed by atoms with Gasteiger partial charge < -0.3 is 19.7 Å². The van der Waals surface area contributed by atoms with Crippen LogP contribution in [0, 0.1) is 0 Å². The zero-order chi connectivity index (χ0) is 20.1. The molecular formula is C20H24N2O5S. The molecule has 2 aromatic carbocycles. The first-order valence-electron chi connectivity index (χ1n) is 9.07. The molecule has 1 N–H and O–H groups in total. The molecule has 1 atom stereocenters. The van der Waals surface area contributed by atoms with Crippen molar-refractivity contribution in [2.45, 2.75) is 24.5 Å². The predicted molar refractivity (Wildman–Crippen MR) is 105 cm³/mol. The monoisotopic (exact) mass is 404 g/mol. The number of carbonyl (C=O) groups excluding carboxylic acids is 1. The standard InChI is InChI=1S/C20H24N2O5S/c1-3-22(13-16-14-26-18-6-4-5-7-19(18)27-16)20(23)21-12-15-8-10-17(11-9-15)28(2,24)25/h4-11,16H,3,12-14H2,1-2H3,(H,21,23)/t16-/m0/s1. The van der Waals surface area contributed by atoms with Crippen LogP contribution in [0.5, 0.6) is 11.5 Å². The van der Waals surface area contributed by atoms with E-state index in [-0.39, 0.29) is 17.0 Å². The van der Waals surface area contributed by atoms with E-state index in [9.17, 15) is 13.2 Å². The van der Waals surface area contributed by atoms with Crippen LogP contribution in [0.15, 0.2) is 53.4 Å². The van der Waals surface area contributed by atoms with E-state index >= 15 is 0 Å². The van der Waals surface area contributed by atoms with Crippen molar-refractivity contribution in [3.05, 3.63) is 54.1 Å². The minimum absolute atomic E-state index is 0.211.